The molecule has 0 atom stereocenters. The van der Waals surface area contributed by atoms with Crippen LogP contribution < -0.4 is 0 Å². The van der Waals surface area contributed by atoms with Gasteiger partial charge in [0.1, 0.15) is 6.29 Å². The molecule has 0 unspecified atom stereocenters. The summed E-state index contributed by atoms with van der Waals surface area (Å²) in [5.41, 5.74) is 0.945. The molecule has 0 rings (SSSR count). The molecule has 0 aliphatic heterocycles. The van der Waals surface area contributed by atoms with Gasteiger partial charge in [0.15, 0.2) is 0 Å². The Kier molecular flexibility index (Phi) is 7.11. The number of carbonyl (C=O) groups is 1. The maximum absolute atomic E-state index is 10.3. The lowest BCUT2D eigenvalue weighted by Gasteiger charge is -1.97. The molecule has 0 fully saturated rings. The molecule has 1 nitrogen and oxygen atoms in total. The summed E-state index contributed by atoms with van der Waals surface area (Å²) >= 11 is 0. The lowest BCUT2D eigenvalue weighted by Crippen LogP contribution is -1.84. The zero-order valence-electron chi connectivity index (χ0n) is 7.60. The van der Waals surface area contributed by atoms with Crippen molar-refractivity contribution in [2.24, 2.45) is 0 Å². The van der Waals surface area contributed by atoms with E-state index in [0.29, 0.717) is 0 Å². The first-order valence-corrected chi connectivity index (χ1v) is 4.45. The molecule has 11 heavy (non-hydrogen) atoms. The van der Waals surface area contributed by atoms with Gasteiger partial charge in [-0.1, -0.05) is 32.3 Å². The van der Waals surface area contributed by atoms with Crippen molar-refractivity contribution >= 4 is 6.29 Å². The van der Waals surface area contributed by atoms with Gasteiger partial charge in [-0.3, -0.25) is 4.79 Å². The predicted molar refractivity (Wildman–Crippen MR) is 48.6 cm³/mol. The van der Waals surface area contributed by atoms with Gasteiger partial charge in [-0.2, -0.15) is 0 Å². The molecule has 0 aliphatic rings. The van der Waals surface area contributed by atoms with E-state index in [4.69, 9.17) is 0 Å². The minimum absolute atomic E-state index is 0.945. The summed E-state index contributed by atoms with van der Waals surface area (Å²) in [5, 5.41) is 0. The van der Waals surface area contributed by atoms with Crippen molar-refractivity contribution in [3.05, 3.63) is 11.6 Å². The summed E-state index contributed by atoms with van der Waals surface area (Å²) in [4.78, 5) is 10.3. The Hall–Kier alpha value is -0.590. The van der Waals surface area contributed by atoms with Crippen molar-refractivity contribution in [2.75, 3.05) is 0 Å². The second kappa shape index (κ2) is 7.52. The van der Waals surface area contributed by atoms with Gasteiger partial charge in [-0.25, -0.2) is 0 Å². The summed E-state index contributed by atoms with van der Waals surface area (Å²) in [6.45, 7) is 4.11. The standard InChI is InChI=1S/C10H18O/c1-3-5-6-7-8-10(4-2)9-11/h4,9H,3,5-8H2,1-2H3/b10-4+. The van der Waals surface area contributed by atoms with Crippen molar-refractivity contribution in [3.63, 3.8) is 0 Å². The highest BCUT2D eigenvalue weighted by molar-refractivity contribution is 5.72. The highest BCUT2D eigenvalue weighted by atomic mass is 16.1. The fraction of sp³-hybridized carbons (Fsp3) is 0.700. The maximum Gasteiger partial charge on any atom is 0.145 e. The Labute approximate surface area is 69.5 Å². The highest BCUT2D eigenvalue weighted by Crippen LogP contribution is 2.07. The molecule has 0 amide bonds. The number of unbranched alkanes of at least 4 members (excludes halogenated alkanes) is 3. The first-order valence-electron chi connectivity index (χ1n) is 4.45. The van der Waals surface area contributed by atoms with Crippen LogP contribution in [0.15, 0.2) is 11.6 Å². The van der Waals surface area contributed by atoms with E-state index in [1.54, 1.807) is 0 Å². The normalized spacial score (nSPS) is 11.6. The number of allylic oxidation sites excluding steroid dienone is 2. The van der Waals surface area contributed by atoms with Crippen molar-refractivity contribution in [1.82, 2.24) is 0 Å². The van der Waals surface area contributed by atoms with Crippen LogP contribution in [-0.2, 0) is 4.79 Å². The van der Waals surface area contributed by atoms with Crippen LogP contribution >= 0.6 is 0 Å². The minimum Gasteiger partial charge on any atom is -0.298 e. The van der Waals surface area contributed by atoms with E-state index in [2.05, 4.69) is 6.92 Å². The fourth-order valence-corrected chi connectivity index (χ4v) is 1.03. The Balaban J connectivity index is 3.29. The van der Waals surface area contributed by atoms with E-state index in [1.165, 1.54) is 19.3 Å². The van der Waals surface area contributed by atoms with Gasteiger partial charge in [0.05, 0.1) is 0 Å². The third-order valence-corrected chi connectivity index (χ3v) is 1.84. The van der Waals surface area contributed by atoms with E-state index >= 15 is 0 Å². The predicted octanol–water partition coefficient (Wildman–Crippen LogP) is 3.10. The van der Waals surface area contributed by atoms with Gasteiger partial charge < -0.3 is 0 Å². The van der Waals surface area contributed by atoms with Gasteiger partial charge >= 0.3 is 0 Å². The largest absolute Gasteiger partial charge is 0.298 e. The van der Waals surface area contributed by atoms with Gasteiger partial charge in [0.2, 0.25) is 0 Å². The van der Waals surface area contributed by atoms with Crippen LogP contribution in [0.3, 0.4) is 0 Å². The fourth-order valence-electron chi connectivity index (χ4n) is 1.03. The number of hydrogen-bond acceptors (Lipinski definition) is 1. The molecule has 0 saturated carbocycles. The van der Waals surface area contributed by atoms with E-state index in [-0.39, 0.29) is 0 Å². The lowest BCUT2D eigenvalue weighted by atomic mass is 10.1. The molecule has 0 aromatic heterocycles. The Morgan fingerprint density at radius 2 is 2.00 bits per heavy atom. The van der Waals surface area contributed by atoms with Crippen LogP contribution in [0.2, 0.25) is 0 Å². The molecule has 0 heterocycles. The minimum atomic E-state index is 0.945. The molecule has 0 spiro atoms. The van der Waals surface area contributed by atoms with Gasteiger partial charge in [0, 0.05) is 0 Å². The molecule has 64 valence electrons. The lowest BCUT2D eigenvalue weighted by molar-refractivity contribution is -0.105. The van der Waals surface area contributed by atoms with Gasteiger partial charge in [0.25, 0.3) is 0 Å². The SMILES string of the molecule is C/C=C(/C=O)CCCCCC. The molecular weight excluding hydrogens is 136 g/mol. The maximum atomic E-state index is 10.3. The number of aldehydes is 1. The van der Waals surface area contributed by atoms with Crippen LogP contribution in [0.4, 0.5) is 0 Å². The van der Waals surface area contributed by atoms with Crippen LogP contribution in [0.5, 0.6) is 0 Å². The second-order valence-corrected chi connectivity index (χ2v) is 2.79. The number of carbonyl (C=O) groups excluding carboxylic acids is 1. The average Bonchev–Trinajstić information content (AvgIpc) is 2.05. The van der Waals surface area contributed by atoms with Crippen molar-refractivity contribution in [1.29, 1.82) is 0 Å². The Bertz CT molecular complexity index is 125. The molecule has 0 aromatic carbocycles. The van der Waals surface area contributed by atoms with Crippen molar-refractivity contribution in [2.45, 2.75) is 46.0 Å². The third-order valence-electron chi connectivity index (χ3n) is 1.84. The molecule has 1 heteroatoms. The van der Waals surface area contributed by atoms with Crippen molar-refractivity contribution in [3.8, 4) is 0 Å². The highest BCUT2D eigenvalue weighted by Gasteiger charge is 1.92. The van der Waals surface area contributed by atoms with E-state index in [9.17, 15) is 4.79 Å². The van der Waals surface area contributed by atoms with Crippen LogP contribution in [0.1, 0.15) is 46.0 Å². The summed E-state index contributed by atoms with van der Waals surface area (Å²) in [6, 6.07) is 0. The zero-order valence-corrected chi connectivity index (χ0v) is 7.60. The van der Waals surface area contributed by atoms with Gasteiger partial charge in [-0.05, 0) is 25.3 Å². The third kappa shape index (κ3) is 5.84. The molecule has 0 saturated heterocycles. The Morgan fingerprint density at radius 3 is 2.45 bits per heavy atom. The number of rotatable bonds is 6. The smallest absolute Gasteiger partial charge is 0.145 e. The van der Waals surface area contributed by atoms with Gasteiger partial charge in [-0.15, -0.1) is 0 Å². The molecule has 0 bridgehead atoms. The summed E-state index contributed by atoms with van der Waals surface area (Å²) < 4.78 is 0. The molecule has 0 N–H and O–H groups in total. The average molecular weight is 154 g/mol. The monoisotopic (exact) mass is 154 g/mol. The van der Waals surface area contributed by atoms with E-state index in [0.717, 1.165) is 24.7 Å². The summed E-state index contributed by atoms with van der Waals surface area (Å²) in [5.74, 6) is 0. The Morgan fingerprint density at radius 1 is 1.27 bits per heavy atom. The molecule has 0 aliphatic carbocycles. The molecule has 0 aromatic rings. The molecular formula is C10H18O. The topological polar surface area (TPSA) is 17.1 Å². The van der Waals surface area contributed by atoms with Crippen LogP contribution in [-0.4, -0.2) is 6.29 Å². The first kappa shape index (κ1) is 10.4. The second-order valence-electron chi connectivity index (χ2n) is 2.79. The van der Waals surface area contributed by atoms with E-state index in [1.807, 2.05) is 13.0 Å². The van der Waals surface area contributed by atoms with Crippen LogP contribution in [0, 0.1) is 0 Å². The zero-order chi connectivity index (χ0) is 8.53. The summed E-state index contributed by atoms with van der Waals surface area (Å²) in [7, 11) is 0. The van der Waals surface area contributed by atoms with E-state index < -0.39 is 0 Å². The van der Waals surface area contributed by atoms with Crippen molar-refractivity contribution < 1.29 is 4.79 Å². The summed E-state index contributed by atoms with van der Waals surface area (Å²) in [6.07, 6.45) is 8.78. The molecule has 0 radical (unpaired) electrons. The van der Waals surface area contributed by atoms with Crippen LogP contribution in [0.25, 0.3) is 0 Å². The first-order chi connectivity index (χ1) is 5.35. The number of hydrogen-bond donors (Lipinski definition) is 0. The quantitative estimate of drug-likeness (QED) is 0.326.